The van der Waals surface area contributed by atoms with E-state index in [1.54, 1.807) is 0 Å². The molecule has 0 heterocycles. The molecule has 0 aliphatic rings. The number of rotatable bonds is 4. The van der Waals surface area contributed by atoms with Crippen LogP contribution in [0.2, 0.25) is 10.6 Å². The van der Waals surface area contributed by atoms with E-state index < -0.39 is 0 Å². The number of hydrogen-bond acceptors (Lipinski definition) is 0. The van der Waals surface area contributed by atoms with E-state index in [2.05, 4.69) is 27.7 Å². The van der Waals surface area contributed by atoms with Crippen LogP contribution >= 0.6 is 0 Å². The number of hydrogen-bond donors (Lipinski definition) is 0. The van der Waals surface area contributed by atoms with Crippen LogP contribution in [0.4, 0.5) is 0 Å². The summed E-state index contributed by atoms with van der Waals surface area (Å²) in [6, 6.07) is 0. The molecule has 0 saturated carbocycles. The molecule has 0 aliphatic carbocycles. The fourth-order valence-electron chi connectivity index (χ4n) is 0.763. The van der Waals surface area contributed by atoms with Crippen LogP contribution in [0.25, 0.3) is 0 Å². The average molecular weight is 168 g/mol. The molecule has 0 aliphatic heterocycles. The van der Waals surface area contributed by atoms with Crippen molar-refractivity contribution in [1.82, 2.24) is 0 Å². The summed E-state index contributed by atoms with van der Waals surface area (Å²) >= 11 is 0.755. The summed E-state index contributed by atoms with van der Waals surface area (Å²) in [6.45, 7) is 9.25. The minimum atomic E-state index is 0. The standard InChI is InChI=1S/2C4H9.2Al/c2*1-4(2)3;;/h2*4H,1H2,2-3H3;;. The van der Waals surface area contributed by atoms with Crippen molar-refractivity contribution in [1.29, 1.82) is 0 Å². The van der Waals surface area contributed by atoms with E-state index in [-0.39, 0.29) is 17.4 Å². The van der Waals surface area contributed by atoms with Crippen LogP contribution in [0.5, 0.6) is 0 Å². The molecule has 0 bridgehead atoms. The molecule has 0 aromatic rings. The van der Waals surface area contributed by atoms with Crippen molar-refractivity contribution in [3.8, 4) is 0 Å². The highest BCUT2D eigenvalue weighted by atomic mass is 27.1. The predicted octanol–water partition coefficient (Wildman–Crippen LogP) is 2.46. The van der Waals surface area contributed by atoms with Crippen LogP contribution in [-0.2, 0) is 0 Å². The fraction of sp³-hybridized carbons (Fsp3) is 1.00. The van der Waals surface area contributed by atoms with Crippen molar-refractivity contribution in [2.75, 3.05) is 0 Å². The molecule has 0 nitrogen and oxygen atoms in total. The SMILES string of the molecule is CC(C)[CH2][Al][CH2]C(C)C.[Al]. The van der Waals surface area contributed by atoms with Crippen molar-refractivity contribution in [2.45, 2.75) is 38.3 Å². The monoisotopic (exact) mass is 168 g/mol. The minimum absolute atomic E-state index is 0. The first-order valence-electron chi connectivity index (χ1n) is 3.94. The molecule has 4 radical (unpaired) electrons. The molecule has 0 fully saturated rings. The van der Waals surface area contributed by atoms with E-state index in [0.717, 1.165) is 27.1 Å². The first-order valence-corrected chi connectivity index (χ1v) is 5.58. The maximum atomic E-state index is 2.31. The molecule has 0 N–H and O–H groups in total. The largest absolute Gasteiger partial charge is 0.200 e. The van der Waals surface area contributed by atoms with Crippen LogP contribution in [0.1, 0.15) is 27.7 Å². The molecule has 2 heteroatoms. The summed E-state index contributed by atoms with van der Waals surface area (Å²) in [5, 5.41) is 2.97. The van der Waals surface area contributed by atoms with Crippen LogP contribution < -0.4 is 0 Å². The van der Waals surface area contributed by atoms with Gasteiger partial charge in [0.1, 0.15) is 0 Å². The highest BCUT2D eigenvalue weighted by Gasteiger charge is 1.98. The lowest BCUT2D eigenvalue weighted by Crippen LogP contribution is -1.99. The van der Waals surface area contributed by atoms with E-state index in [1.807, 2.05) is 0 Å². The van der Waals surface area contributed by atoms with Crippen LogP contribution in [-0.4, -0.2) is 32.6 Å². The normalized spacial score (nSPS) is 9.80. The Morgan fingerprint density at radius 1 is 0.900 bits per heavy atom. The zero-order chi connectivity index (χ0) is 7.28. The van der Waals surface area contributed by atoms with Gasteiger partial charge in [-0.2, -0.15) is 0 Å². The zero-order valence-electron chi connectivity index (χ0n) is 7.72. The molecule has 0 saturated heterocycles. The van der Waals surface area contributed by atoms with Crippen LogP contribution in [0, 0.1) is 11.8 Å². The molecule has 0 atom stereocenters. The molecule has 0 unspecified atom stereocenters. The van der Waals surface area contributed by atoms with Gasteiger partial charge < -0.3 is 0 Å². The maximum absolute atomic E-state index is 2.31. The quantitative estimate of drug-likeness (QED) is 0.565. The first-order chi connectivity index (χ1) is 4.13. The summed E-state index contributed by atoms with van der Waals surface area (Å²) in [4.78, 5) is 0. The van der Waals surface area contributed by atoms with Crippen molar-refractivity contribution in [3.63, 3.8) is 0 Å². The molecule has 56 valence electrons. The zero-order valence-corrected chi connectivity index (χ0v) is 10.0. The third kappa shape index (κ3) is 11.8. The van der Waals surface area contributed by atoms with Gasteiger partial charge in [-0.05, 0) is 0 Å². The van der Waals surface area contributed by atoms with E-state index in [1.165, 1.54) is 10.6 Å². The third-order valence-corrected chi connectivity index (χ3v) is 3.83. The van der Waals surface area contributed by atoms with Gasteiger partial charge in [0.15, 0.2) is 0 Å². The van der Waals surface area contributed by atoms with Gasteiger partial charge in [-0.3, -0.25) is 0 Å². The second-order valence-electron chi connectivity index (χ2n) is 3.55. The lowest BCUT2D eigenvalue weighted by molar-refractivity contribution is 0.700. The van der Waals surface area contributed by atoms with E-state index in [9.17, 15) is 0 Å². The summed E-state index contributed by atoms with van der Waals surface area (Å²) in [6.07, 6.45) is 0. The van der Waals surface area contributed by atoms with Gasteiger partial charge in [-0.15, -0.1) is 10.6 Å². The van der Waals surface area contributed by atoms with Gasteiger partial charge in [0.2, 0.25) is 15.2 Å². The van der Waals surface area contributed by atoms with Crippen molar-refractivity contribution >= 4 is 32.6 Å². The Hall–Kier alpha value is 1.06. The summed E-state index contributed by atoms with van der Waals surface area (Å²) in [5.41, 5.74) is 0. The Bertz CT molecular complexity index is 52.3. The Morgan fingerprint density at radius 3 is 1.40 bits per heavy atom. The second-order valence-corrected chi connectivity index (χ2v) is 5.07. The Labute approximate surface area is 82.6 Å². The Balaban J connectivity index is 0. The Morgan fingerprint density at radius 2 is 1.20 bits per heavy atom. The van der Waals surface area contributed by atoms with Crippen LogP contribution in [0.15, 0.2) is 0 Å². The first kappa shape index (κ1) is 13.6. The average Bonchev–Trinajstić information content (AvgIpc) is 1.63. The van der Waals surface area contributed by atoms with Gasteiger partial charge in [-0.25, -0.2) is 0 Å². The van der Waals surface area contributed by atoms with Gasteiger partial charge >= 0.3 is 0 Å². The molecular weight excluding hydrogens is 150 g/mol. The predicted molar refractivity (Wildman–Crippen MR) is 50.8 cm³/mol. The smallest absolute Gasteiger partial charge is 0.102 e. The molecule has 0 amide bonds. The van der Waals surface area contributed by atoms with Crippen molar-refractivity contribution < 1.29 is 0 Å². The Kier molecular flexibility index (Phi) is 11.1. The lowest BCUT2D eigenvalue weighted by Gasteiger charge is -2.03. The summed E-state index contributed by atoms with van der Waals surface area (Å²) < 4.78 is 0. The maximum Gasteiger partial charge on any atom is 0.200 e. The van der Waals surface area contributed by atoms with Crippen molar-refractivity contribution in [3.05, 3.63) is 0 Å². The highest BCUT2D eigenvalue weighted by molar-refractivity contribution is 6.35. The van der Waals surface area contributed by atoms with Gasteiger partial charge in [-0.1, -0.05) is 39.5 Å². The molecule has 0 spiro atoms. The van der Waals surface area contributed by atoms with E-state index in [4.69, 9.17) is 0 Å². The molecular formula is C8H18Al2. The van der Waals surface area contributed by atoms with Crippen molar-refractivity contribution in [2.24, 2.45) is 11.8 Å². The highest BCUT2D eigenvalue weighted by Crippen LogP contribution is 2.05. The molecule has 0 aromatic heterocycles. The molecule has 10 heavy (non-hydrogen) atoms. The lowest BCUT2D eigenvalue weighted by atomic mass is 10.3. The van der Waals surface area contributed by atoms with Gasteiger partial charge in [0, 0.05) is 17.4 Å². The van der Waals surface area contributed by atoms with Crippen LogP contribution in [0.3, 0.4) is 0 Å². The molecule has 0 aromatic carbocycles. The third-order valence-electron chi connectivity index (χ3n) is 1.28. The minimum Gasteiger partial charge on any atom is -0.102 e. The van der Waals surface area contributed by atoms with E-state index >= 15 is 0 Å². The molecule has 0 rings (SSSR count). The fourth-order valence-corrected chi connectivity index (χ4v) is 2.29. The van der Waals surface area contributed by atoms with Gasteiger partial charge in [0.25, 0.3) is 0 Å². The topological polar surface area (TPSA) is 0 Å². The van der Waals surface area contributed by atoms with Gasteiger partial charge in [0.05, 0.1) is 0 Å². The second kappa shape index (κ2) is 8.16. The summed E-state index contributed by atoms with van der Waals surface area (Å²) in [5.74, 6) is 1.86. The van der Waals surface area contributed by atoms with E-state index in [0.29, 0.717) is 0 Å². The summed E-state index contributed by atoms with van der Waals surface area (Å²) in [7, 11) is 0.